The van der Waals surface area contributed by atoms with Crippen LogP contribution in [0.4, 0.5) is 0 Å². The lowest BCUT2D eigenvalue weighted by atomic mass is 9.80. The van der Waals surface area contributed by atoms with Gasteiger partial charge in [0.2, 0.25) is 0 Å². The van der Waals surface area contributed by atoms with E-state index in [1.54, 1.807) is 0 Å². The molecule has 58 heavy (non-hydrogen) atoms. The van der Waals surface area contributed by atoms with Crippen LogP contribution < -0.4 is 0 Å². The molecule has 0 unspecified atom stereocenters. The fraction of sp³-hybridized carbons (Fsp3) is 0.0690. The van der Waals surface area contributed by atoms with Gasteiger partial charge in [0, 0.05) is 0 Å². The maximum atomic E-state index is 2.47. The molecule has 0 spiro atoms. The molecule has 0 aliphatic carbocycles. The van der Waals surface area contributed by atoms with Crippen LogP contribution in [0, 0.1) is 0 Å². The zero-order chi connectivity index (χ0) is 39.0. The number of benzene rings is 11. The molecule has 0 radical (unpaired) electrons. The summed E-state index contributed by atoms with van der Waals surface area (Å²) in [6, 6.07) is 74.7. The summed E-state index contributed by atoms with van der Waals surface area (Å²) in [6.45, 7) is 6.95. The van der Waals surface area contributed by atoms with Crippen molar-refractivity contribution in [3.63, 3.8) is 0 Å². The second-order valence-corrected chi connectivity index (χ2v) is 16.9. The third-order valence-corrected chi connectivity index (χ3v) is 12.3. The molecule has 0 bridgehead atoms. The molecule has 0 heteroatoms. The van der Waals surface area contributed by atoms with Crippen molar-refractivity contribution in [1.82, 2.24) is 0 Å². The summed E-state index contributed by atoms with van der Waals surface area (Å²) < 4.78 is 0. The predicted octanol–water partition coefficient (Wildman–Crippen LogP) is 16.5. The van der Waals surface area contributed by atoms with Gasteiger partial charge in [-0.25, -0.2) is 0 Å². The van der Waals surface area contributed by atoms with Crippen LogP contribution in [0.2, 0.25) is 0 Å². The highest BCUT2D eigenvalue weighted by atomic mass is 14.3. The predicted molar refractivity (Wildman–Crippen MR) is 251 cm³/mol. The normalized spacial score (nSPS) is 12.1. The van der Waals surface area contributed by atoms with Gasteiger partial charge in [-0.2, -0.15) is 0 Å². The lowest BCUT2D eigenvalue weighted by molar-refractivity contribution is 0.591. The van der Waals surface area contributed by atoms with E-state index in [2.05, 4.69) is 221 Å². The first-order chi connectivity index (χ1) is 28.4. The quantitative estimate of drug-likeness (QED) is 0.122. The molecule has 0 aromatic heterocycles. The van der Waals surface area contributed by atoms with Gasteiger partial charge in [0.25, 0.3) is 0 Å². The molecular formula is C58H42. The average molecular weight is 739 g/mol. The van der Waals surface area contributed by atoms with Crippen LogP contribution in [0.25, 0.3) is 109 Å². The van der Waals surface area contributed by atoms with E-state index >= 15 is 0 Å². The van der Waals surface area contributed by atoms with E-state index in [0.717, 1.165) is 0 Å². The topological polar surface area (TPSA) is 0 Å². The first kappa shape index (κ1) is 34.2. The Labute approximate surface area is 340 Å². The second-order valence-electron chi connectivity index (χ2n) is 16.9. The van der Waals surface area contributed by atoms with Gasteiger partial charge < -0.3 is 0 Å². The fourth-order valence-corrected chi connectivity index (χ4v) is 9.38. The van der Waals surface area contributed by atoms with Crippen molar-refractivity contribution >= 4 is 53.9 Å². The van der Waals surface area contributed by atoms with Crippen molar-refractivity contribution in [2.24, 2.45) is 0 Å². The number of hydrogen-bond donors (Lipinski definition) is 0. The third kappa shape index (κ3) is 5.67. The van der Waals surface area contributed by atoms with Crippen molar-refractivity contribution < 1.29 is 0 Å². The van der Waals surface area contributed by atoms with Crippen LogP contribution in [0.15, 0.2) is 200 Å². The van der Waals surface area contributed by atoms with Gasteiger partial charge in [0.1, 0.15) is 0 Å². The lowest BCUT2D eigenvalue weighted by Crippen LogP contribution is -2.10. The van der Waals surface area contributed by atoms with Gasteiger partial charge in [0.15, 0.2) is 0 Å². The SMILES string of the molecule is CC(C)(C)c1ccc2c(-c3ccc(-c4cc5ccc6cccc7ccc(c4)c5c67)cc3)c3ccccc3c(-c3cc(-c4ccccc4)cc(-c4ccccc4)c3)c2c1. The number of hydrogen-bond acceptors (Lipinski definition) is 0. The highest BCUT2D eigenvalue weighted by molar-refractivity contribution is 6.24. The van der Waals surface area contributed by atoms with Crippen LogP contribution in [-0.4, -0.2) is 0 Å². The molecule has 0 fully saturated rings. The van der Waals surface area contributed by atoms with E-state index in [9.17, 15) is 0 Å². The van der Waals surface area contributed by atoms with E-state index in [4.69, 9.17) is 0 Å². The van der Waals surface area contributed by atoms with Gasteiger partial charge in [-0.3, -0.25) is 0 Å². The lowest BCUT2D eigenvalue weighted by Gasteiger charge is -2.23. The molecule has 0 N–H and O–H groups in total. The Balaban J connectivity index is 1.13. The molecule has 11 rings (SSSR count). The van der Waals surface area contributed by atoms with Gasteiger partial charge in [-0.05, 0) is 157 Å². The maximum absolute atomic E-state index is 2.47. The van der Waals surface area contributed by atoms with E-state index < -0.39 is 0 Å². The minimum atomic E-state index is -0.0117. The van der Waals surface area contributed by atoms with Gasteiger partial charge in [-0.15, -0.1) is 0 Å². The molecule has 0 saturated carbocycles. The van der Waals surface area contributed by atoms with Gasteiger partial charge in [0.05, 0.1) is 0 Å². The van der Waals surface area contributed by atoms with Crippen LogP contribution in [0.5, 0.6) is 0 Å². The summed E-state index contributed by atoms with van der Waals surface area (Å²) in [5, 5.41) is 13.0. The Kier molecular flexibility index (Phi) is 7.85. The van der Waals surface area contributed by atoms with E-state index in [0.29, 0.717) is 0 Å². The number of rotatable bonds is 5. The molecule has 0 saturated heterocycles. The highest BCUT2D eigenvalue weighted by Crippen LogP contribution is 2.47. The summed E-state index contributed by atoms with van der Waals surface area (Å²) in [5.41, 5.74) is 13.6. The first-order valence-corrected chi connectivity index (χ1v) is 20.4. The molecule has 0 aliphatic heterocycles. The molecule has 11 aromatic rings. The standard InChI is InChI=1S/C58H42/c1-58(2,3)49-29-30-52-53(36-49)57(48-34-46(37-13-6-4-7-14-37)33-47(35-48)38-15-8-5-9-16-38)51-20-11-10-19-50(51)56(52)42-23-21-39(22-24-42)45-31-43-27-25-40-17-12-18-41-26-28-44(32-45)55(43)54(40)41/h4-36H,1-3H3. The van der Waals surface area contributed by atoms with Crippen LogP contribution in [0.3, 0.4) is 0 Å². The minimum Gasteiger partial charge on any atom is -0.0622 e. The van der Waals surface area contributed by atoms with E-state index in [1.165, 1.54) is 115 Å². The van der Waals surface area contributed by atoms with Crippen LogP contribution >= 0.6 is 0 Å². The molecule has 0 amide bonds. The highest BCUT2D eigenvalue weighted by Gasteiger charge is 2.22. The Bertz CT molecular complexity index is 3210. The summed E-state index contributed by atoms with van der Waals surface area (Å²) >= 11 is 0. The Morgan fingerprint density at radius 3 is 1.26 bits per heavy atom. The van der Waals surface area contributed by atoms with Crippen molar-refractivity contribution in [1.29, 1.82) is 0 Å². The summed E-state index contributed by atoms with van der Waals surface area (Å²) in [7, 11) is 0. The molecule has 0 aliphatic rings. The maximum Gasteiger partial charge on any atom is -0.00258 e. The monoisotopic (exact) mass is 738 g/mol. The number of fused-ring (bicyclic) bond motifs is 2. The molecule has 0 heterocycles. The second kappa shape index (κ2) is 13.3. The Hall–Kier alpha value is -7.02. The van der Waals surface area contributed by atoms with Crippen molar-refractivity contribution in [2.75, 3.05) is 0 Å². The Morgan fingerprint density at radius 2 is 0.690 bits per heavy atom. The summed E-state index contributed by atoms with van der Waals surface area (Å²) in [6.07, 6.45) is 0. The zero-order valence-corrected chi connectivity index (χ0v) is 33.1. The van der Waals surface area contributed by atoms with Crippen molar-refractivity contribution in [2.45, 2.75) is 26.2 Å². The third-order valence-electron chi connectivity index (χ3n) is 12.3. The zero-order valence-electron chi connectivity index (χ0n) is 33.1. The molecule has 0 atom stereocenters. The summed E-state index contributed by atoms with van der Waals surface area (Å²) in [5.74, 6) is 0. The Morgan fingerprint density at radius 1 is 0.259 bits per heavy atom. The molecule has 0 nitrogen and oxygen atoms in total. The van der Waals surface area contributed by atoms with Crippen molar-refractivity contribution in [3.05, 3.63) is 206 Å². The van der Waals surface area contributed by atoms with E-state index in [-0.39, 0.29) is 5.41 Å². The molecular weight excluding hydrogens is 697 g/mol. The minimum absolute atomic E-state index is 0.0117. The molecule has 11 aromatic carbocycles. The molecule has 274 valence electrons. The first-order valence-electron chi connectivity index (χ1n) is 20.4. The fourth-order valence-electron chi connectivity index (χ4n) is 9.38. The van der Waals surface area contributed by atoms with E-state index in [1.807, 2.05) is 0 Å². The smallest absolute Gasteiger partial charge is 0.00258 e. The van der Waals surface area contributed by atoms with Gasteiger partial charge in [-0.1, -0.05) is 185 Å². The van der Waals surface area contributed by atoms with Crippen LogP contribution in [-0.2, 0) is 5.41 Å². The summed E-state index contributed by atoms with van der Waals surface area (Å²) in [4.78, 5) is 0. The van der Waals surface area contributed by atoms with Gasteiger partial charge >= 0.3 is 0 Å². The average Bonchev–Trinajstić information content (AvgIpc) is 3.27. The van der Waals surface area contributed by atoms with Crippen LogP contribution in [0.1, 0.15) is 26.3 Å². The van der Waals surface area contributed by atoms with Crippen molar-refractivity contribution in [3.8, 4) is 55.6 Å². The largest absolute Gasteiger partial charge is 0.0622 e.